The molecule has 1 aliphatic carbocycles. The molecule has 3 heterocycles. The number of ether oxygens (including phenoxy) is 3. The first-order valence-electron chi connectivity index (χ1n) is 10.6. The van der Waals surface area contributed by atoms with E-state index >= 15 is 0 Å². The first-order valence-corrected chi connectivity index (χ1v) is 10.6. The van der Waals surface area contributed by atoms with Gasteiger partial charge in [-0.1, -0.05) is 18.2 Å². The van der Waals surface area contributed by atoms with Gasteiger partial charge in [-0.05, 0) is 55.0 Å². The van der Waals surface area contributed by atoms with E-state index in [4.69, 9.17) is 19.2 Å². The molecule has 0 unspecified atom stereocenters. The van der Waals surface area contributed by atoms with Crippen molar-refractivity contribution in [3.8, 4) is 17.2 Å². The Balaban J connectivity index is 1.17. The van der Waals surface area contributed by atoms with Crippen molar-refractivity contribution >= 4 is 16.7 Å². The molecular weight excluding hydrogens is 380 g/mol. The third kappa shape index (κ3) is 3.12. The molecule has 2 aromatic carbocycles. The molecule has 0 bridgehead atoms. The van der Waals surface area contributed by atoms with Crippen LogP contribution in [0.4, 0.5) is 5.82 Å². The Morgan fingerprint density at radius 3 is 2.70 bits per heavy atom. The Bertz CT molecular complexity index is 1090. The largest absolute Gasteiger partial charge is 0.488 e. The van der Waals surface area contributed by atoms with Gasteiger partial charge in [0.05, 0.1) is 11.6 Å². The number of hydrogen-bond donors (Lipinski definition) is 1. The van der Waals surface area contributed by atoms with Crippen molar-refractivity contribution in [1.29, 1.82) is 0 Å². The van der Waals surface area contributed by atoms with Crippen LogP contribution in [0, 0.1) is 11.8 Å². The van der Waals surface area contributed by atoms with E-state index < -0.39 is 6.10 Å². The average Bonchev–Trinajstić information content (AvgIpc) is 3.40. The summed E-state index contributed by atoms with van der Waals surface area (Å²) in [4.78, 5) is 7.22. The summed E-state index contributed by atoms with van der Waals surface area (Å²) in [6.07, 6.45) is 0.909. The lowest BCUT2D eigenvalue weighted by Gasteiger charge is -2.35. The lowest BCUT2D eigenvalue weighted by atomic mass is 9.78. The predicted molar refractivity (Wildman–Crippen MR) is 113 cm³/mol. The van der Waals surface area contributed by atoms with Crippen LogP contribution in [-0.2, 0) is 0 Å². The second kappa shape index (κ2) is 7.06. The SMILES string of the molecule is O[C@@H]1C[C@H]2CN(c3ccc4ccccc4n3)C[C@H]2C[C@H]1Oc1ccc2c(c1)OCO2. The molecule has 2 aliphatic heterocycles. The molecule has 1 saturated carbocycles. The number of pyridine rings is 1. The minimum absolute atomic E-state index is 0.212. The second-order valence-corrected chi connectivity index (χ2v) is 8.50. The van der Waals surface area contributed by atoms with Crippen molar-refractivity contribution < 1.29 is 19.3 Å². The number of fused-ring (bicyclic) bond motifs is 3. The minimum atomic E-state index is -0.471. The molecule has 154 valence electrons. The van der Waals surface area contributed by atoms with Crippen molar-refractivity contribution in [2.45, 2.75) is 25.0 Å². The van der Waals surface area contributed by atoms with Crippen LogP contribution in [0.1, 0.15) is 12.8 Å². The Morgan fingerprint density at radius 2 is 1.77 bits per heavy atom. The highest BCUT2D eigenvalue weighted by Gasteiger charge is 2.43. The molecular formula is C24H24N2O4. The summed E-state index contributed by atoms with van der Waals surface area (Å²) in [6.45, 7) is 2.13. The summed E-state index contributed by atoms with van der Waals surface area (Å²) in [7, 11) is 0. The fraction of sp³-hybridized carbons (Fsp3) is 0.375. The van der Waals surface area contributed by atoms with E-state index in [0.29, 0.717) is 23.3 Å². The van der Waals surface area contributed by atoms with Crippen LogP contribution in [0.5, 0.6) is 17.2 Å². The minimum Gasteiger partial charge on any atom is -0.488 e. The summed E-state index contributed by atoms with van der Waals surface area (Å²) < 4.78 is 17.0. The number of hydrogen-bond acceptors (Lipinski definition) is 6. The molecule has 0 radical (unpaired) electrons. The molecule has 3 aromatic rings. The molecule has 4 atom stereocenters. The lowest BCUT2D eigenvalue weighted by Crippen LogP contribution is -2.42. The number of benzene rings is 2. The van der Waals surface area contributed by atoms with Crippen molar-refractivity contribution in [1.82, 2.24) is 4.98 Å². The lowest BCUT2D eigenvalue weighted by molar-refractivity contribution is -0.0232. The number of aliphatic hydroxyl groups excluding tert-OH is 1. The van der Waals surface area contributed by atoms with Gasteiger partial charge in [-0.3, -0.25) is 0 Å². The van der Waals surface area contributed by atoms with Gasteiger partial charge in [0.2, 0.25) is 6.79 Å². The second-order valence-electron chi connectivity index (χ2n) is 8.50. The number of aliphatic hydroxyl groups is 1. The zero-order valence-electron chi connectivity index (χ0n) is 16.6. The highest BCUT2D eigenvalue weighted by atomic mass is 16.7. The van der Waals surface area contributed by atoms with E-state index in [2.05, 4.69) is 29.2 Å². The van der Waals surface area contributed by atoms with Gasteiger partial charge in [0.15, 0.2) is 11.5 Å². The van der Waals surface area contributed by atoms with Crippen LogP contribution in [0.25, 0.3) is 10.9 Å². The fourth-order valence-corrected chi connectivity index (χ4v) is 5.06. The fourth-order valence-electron chi connectivity index (χ4n) is 5.06. The quantitative estimate of drug-likeness (QED) is 0.719. The molecule has 30 heavy (non-hydrogen) atoms. The summed E-state index contributed by atoms with van der Waals surface area (Å²) in [5.41, 5.74) is 1.02. The molecule has 6 nitrogen and oxygen atoms in total. The van der Waals surface area contributed by atoms with Gasteiger partial charge in [-0.15, -0.1) is 0 Å². The van der Waals surface area contributed by atoms with Gasteiger partial charge in [-0.25, -0.2) is 4.98 Å². The number of anilines is 1. The topological polar surface area (TPSA) is 64.1 Å². The van der Waals surface area contributed by atoms with Crippen molar-refractivity contribution in [2.75, 3.05) is 24.8 Å². The summed E-state index contributed by atoms with van der Waals surface area (Å²) >= 11 is 0. The number of rotatable bonds is 3. The average molecular weight is 404 g/mol. The third-order valence-corrected chi connectivity index (χ3v) is 6.62. The van der Waals surface area contributed by atoms with Crippen molar-refractivity contribution in [2.24, 2.45) is 11.8 Å². The molecule has 1 aromatic heterocycles. The van der Waals surface area contributed by atoms with Gasteiger partial charge >= 0.3 is 0 Å². The van der Waals surface area contributed by atoms with Crippen LogP contribution in [-0.4, -0.2) is 42.2 Å². The molecule has 0 amide bonds. The number of para-hydroxylation sites is 1. The molecule has 6 rings (SSSR count). The summed E-state index contributed by atoms with van der Waals surface area (Å²) in [6, 6.07) is 18.0. The Morgan fingerprint density at radius 1 is 0.933 bits per heavy atom. The highest BCUT2D eigenvalue weighted by molar-refractivity contribution is 5.80. The maximum atomic E-state index is 10.8. The highest BCUT2D eigenvalue weighted by Crippen LogP contribution is 2.41. The number of aromatic nitrogens is 1. The first kappa shape index (κ1) is 17.8. The smallest absolute Gasteiger partial charge is 0.231 e. The van der Waals surface area contributed by atoms with Crippen LogP contribution in [0.3, 0.4) is 0 Å². The zero-order valence-corrected chi connectivity index (χ0v) is 16.6. The maximum absolute atomic E-state index is 10.8. The van der Waals surface area contributed by atoms with Crippen LogP contribution >= 0.6 is 0 Å². The van der Waals surface area contributed by atoms with E-state index in [9.17, 15) is 5.11 Å². The van der Waals surface area contributed by atoms with Gasteiger partial charge < -0.3 is 24.2 Å². The van der Waals surface area contributed by atoms with Gasteiger partial charge in [0.25, 0.3) is 0 Å². The predicted octanol–water partition coefficient (Wildman–Crippen LogP) is 3.62. The zero-order chi connectivity index (χ0) is 20.1. The normalized spacial score (nSPS) is 27.3. The first-order chi connectivity index (χ1) is 14.7. The van der Waals surface area contributed by atoms with E-state index in [0.717, 1.165) is 48.4 Å². The van der Waals surface area contributed by atoms with Crippen LogP contribution < -0.4 is 19.1 Å². The van der Waals surface area contributed by atoms with E-state index in [1.165, 1.54) is 0 Å². The molecule has 2 fully saturated rings. The van der Waals surface area contributed by atoms with Crippen LogP contribution in [0.15, 0.2) is 54.6 Å². The van der Waals surface area contributed by atoms with E-state index in [1.54, 1.807) is 0 Å². The van der Waals surface area contributed by atoms with Crippen molar-refractivity contribution in [3.63, 3.8) is 0 Å². The molecule has 3 aliphatic rings. The Labute approximate surface area is 175 Å². The Hall–Kier alpha value is -2.99. The third-order valence-electron chi connectivity index (χ3n) is 6.62. The molecule has 1 saturated heterocycles. The van der Waals surface area contributed by atoms with E-state index in [1.807, 2.05) is 30.3 Å². The Kier molecular flexibility index (Phi) is 4.20. The van der Waals surface area contributed by atoms with E-state index in [-0.39, 0.29) is 12.9 Å². The van der Waals surface area contributed by atoms with Gasteiger partial charge in [0, 0.05) is 24.5 Å². The standard InChI is InChI=1S/C24H24N2O4/c27-20-9-16-12-26(24-8-5-15-3-1-2-4-19(15)25-24)13-17(16)10-22(20)30-18-6-7-21-23(11-18)29-14-28-21/h1-8,11,16-17,20,22,27H,9-10,12-14H2/t16-,17+,20+,22+/m0/s1. The molecule has 1 N–H and O–H groups in total. The monoisotopic (exact) mass is 404 g/mol. The maximum Gasteiger partial charge on any atom is 0.231 e. The van der Waals surface area contributed by atoms with Gasteiger partial charge in [-0.2, -0.15) is 0 Å². The summed E-state index contributed by atoms with van der Waals surface area (Å²) in [5, 5.41) is 11.9. The molecule has 6 heteroatoms. The molecule has 0 spiro atoms. The van der Waals surface area contributed by atoms with Crippen molar-refractivity contribution in [3.05, 3.63) is 54.6 Å². The number of nitrogens with zero attached hydrogens (tertiary/aromatic N) is 2. The summed E-state index contributed by atoms with van der Waals surface area (Å²) in [5.74, 6) is 4.12. The van der Waals surface area contributed by atoms with Gasteiger partial charge in [0.1, 0.15) is 17.7 Å². The van der Waals surface area contributed by atoms with Crippen LogP contribution in [0.2, 0.25) is 0 Å².